The molecule has 0 aromatic heterocycles. The highest BCUT2D eigenvalue weighted by atomic mass is 32.1. The molecule has 18 heavy (non-hydrogen) atoms. The summed E-state index contributed by atoms with van der Waals surface area (Å²) >= 11 is 4.94. The van der Waals surface area contributed by atoms with Gasteiger partial charge >= 0.3 is 11.8 Å². The first-order valence-corrected chi connectivity index (χ1v) is 5.55. The largest absolute Gasteiger partial charge is 0.361 e. The molecular weight excluding hydrogens is 252 g/mol. The highest BCUT2D eigenvalue weighted by molar-refractivity contribution is 7.80. The summed E-state index contributed by atoms with van der Waals surface area (Å²) in [4.78, 5) is 21.3. The van der Waals surface area contributed by atoms with Crippen LogP contribution in [0.3, 0.4) is 0 Å². The molecule has 0 radical (unpaired) electrons. The number of nitrogens with one attached hydrogen (secondary N) is 3. The molecule has 0 saturated carbocycles. The van der Waals surface area contributed by atoms with E-state index in [0.717, 1.165) is 16.8 Å². The van der Waals surface area contributed by atoms with Crippen LogP contribution in [0.25, 0.3) is 0 Å². The van der Waals surface area contributed by atoms with E-state index < -0.39 is 11.8 Å². The molecule has 1 rings (SSSR count). The number of amides is 2. The number of aryl methyl sites for hydroxylation is 2. The van der Waals surface area contributed by atoms with Gasteiger partial charge in [-0.3, -0.25) is 20.4 Å². The molecule has 7 heteroatoms. The van der Waals surface area contributed by atoms with Crippen molar-refractivity contribution in [2.24, 2.45) is 5.73 Å². The Bertz CT molecular complexity index is 502. The van der Waals surface area contributed by atoms with E-state index in [1.54, 1.807) is 0 Å². The predicted molar refractivity (Wildman–Crippen MR) is 72.6 cm³/mol. The third-order valence-corrected chi connectivity index (χ3v) is 2.35. The van der Waals surface area contributed by atoms with Crippen LogP contribution in [0.1, 0.15) is 11.1 Å². The lowest BCUT2D eigenvalue weighted by atomic mass is 10.1. The number of benzene rings is 1. The molecule has 0 aliphatic rings. The normalized spacial score (nSPS) is 9.44. The van der Waals surface area contributed by atoms with Crippen molar-refractivity contribution in [3.8, 4) is 0 Å². The minimum atomic E-state index is -1.09. The maximum atomic E-state index is 10.9. The lowest BCUT2D eigenvalue weighted by molar-refractivity contribution is -0.137. The van der Waals surface area contributed by atoms with Crippen molar-refractivity contribution in [2.45, 2.75) is 13.8 Å². The van der Waals surface area contributed by atoms with E-state index in [9.17, 15) is 9.59 Å². The molecule has 0 aliphatic carbocycles. The zero-order valence-corrected chi connectivity index (χ0v) is 10.9. The van der Waals surface area contributed by atoms with Crippen LogP contribution in [0.2, 0.25) is 0 Å². The first kappa shape index (κ1) is 13.9. The maximum Gasteiger partial charge on any atom is 0.327 e. The first-order chi connectivity index (χ1) is 8.40. The fourth-order valence-electron chi connectivity index (χ4n) is 1.28. The zero-order valence-electron chi connectivity index (χ0n) is 10.0. The monoisotopic (exact) mass is 266 g/mol. The van der Waals surface area contributed by atoms with Crippen LogP contribution in [0, 0.1) is 13.8 Å². The van der Waals surface area contributed by atoms with Gasteiger partial charge < -0.3 is 11.1 Å². The van der Waals surface area contributed by atoms with E-state index in [4.69, 9.17) is 18.0 Å². The Hall–Kier alpha value is -2.15. The van der Waals surface area contributed by atoms with Crippen LogP contribution in [0.15, 0.2) is 18.2 Å². The summed E-state index contributed by atoms with van der Waals surface area (Å²) in [6.07, 6.45) is 0. The number of nitrogens with two attached hydrogens (primary N) is 1. The molecule has 0 bridgehead atoms. The molecule has 1 aromatic rings. The van der Waals surface area contributed by atoms with Crippen molar-refractivity contribution < 1.29 is 9.59 Å². The summed E-state index contributed by atoms with van der Waals surface area (Å²) in [5, 5.41) is 3.05. The molecule has 0 heterocycles. The lowest BCUT2D eigenvalue weighted by Crippen LogP contribution is -2.48. The van der Waals surface area contributed by atoms with E-state index in [-0.39, 0.29) is 5.11 Å². The van der Waals surface area contributed by atoms with Gasteiger partial charge in [-0.05, 0) is 37.7 Å². The van der Waals surface area contributed by atoms with Crippen LogP contribution >= 0.6 is 12.2 Å². The van der Waals surface area contributed by atoms with Crippen molar-refractivity contribution >= 4 is 34.8 Å². The second-order valence-electron chi connectivity index (χ2n) is 3.72. The summed E-state index contributed by atoms with van der Waals surface area (Å²) in [5.74, 6) is -2.04. The number of carbonyl (C=O) groups is 2. The number of primary amides is 1. The standard InChI is InChI=1S/C11H14N4O2S/c1-6-3-4-8(7(2)5-6)13-11(18)15-14-10(17)9(12)16/h3-5H,1-2H3,(H2,12,16)(H,14,17)(H2,13,15,18). The van der Waals surface area contributed by atoms with Gasteiger partial charge in [-0.25, -0.2) is 0 Å². The van der Waals surface area contributed by atoms with Gasteiger partial charge in [-0.15, -0.1) is 0 Å². The van der Waals surface area contributed by atoms with E-state index in [2.05, 4.69) is 16.2 Å². The maximum absolute atomic E-state index is 10.9. The van der Waals surface area contributed by atoms with Crippen molar-refractivity contribution in [2.75, 3.05) is 5.32 Å². The third-order valence-electron chi connectivity index (χ3n) is 2.14. The van der Waals surface area contributed by atoms with Crippen molar-refractivity contribution in [1.29, 1.82) is 0 Å². The molecule has 0 atom stereocenters. The zero-order chi connectivity index (χ0) is 13.7. The predicted octanol–water partition coefficient (Wildman–Crippen LogP) is 0.106. The van der Waals surface area contributed by atoms with Gasteiger partial charge in [-0.1, -0.05) is 17.7 Å². The van der Waals surface area contributed by atoms with Crippen molar-refractivity contribution in [3.05, 3.63) is 29.3 Å². The summed E-state index contributed by atoms with van der Waals surface area (Å²) in [6.45, 7) is 3.92. The molecule has 5 N–H and O–H groups in total. The fourth-order valence-corrected chi connectivity index (χ4v) is 1.44. The van der Waals surface area contributed by atoms with Crippen LogP contribution < -0.4 is 21.9 Å². The number of anilines is 1. The molecule has 2 amide bonds. The molecule has 1 aromatic carbocycles. The fraction of sp³-hybridized carbons (Fsp3) is 0.182. The molecule has 96 valence electrons. The summed E-state index contributed by atoms with van der Waals surface area (Å²) in [5.41, 5.74) is 12.2. The number of hydrazine groups is 1. The Morgan fingerprint density at radius 3 is 2.44 bits per heavy atom. The summed E-state index contributed by atoms with van der Waals surface area (Å²) in [6, 6.07) is 5.79. The van der Waals surface area contributed by atoms with E-state index >= 15 is 0 Å². The quantitative estimate of drug-likeness (QED) is 0.328. The highest BCUT2D eigenvalue weighted by Gasteiger charge is 2.08. The number of hydrogen-bond acceptors (Lipinski definition) is 3. The summed E-state index contributed by atoms with van der Waals surface area (Å²) < 4.78 is 0. The van der Waals surface area contributed by atoms with Gasteiger partial charge in [0.1, 0.15) is 0 Å². The van der Waals surface area contributed by atoms with E-state index in [1.165, 1.54) is 0 Å². The first-order valence-electron chi connectivity index (χ1n) is 5.14. The Labute approximate surface area is 110 Å². The average Bonchev–Trinajstić information content (AvgIpc) is 2.29. The molecule has 0 aliphatic heterocycles. The Kier molecular flexibility index (Phi) is 4.61. The molecule has 0 spiro atoms. The van der Waals surface area contributed by atoms with Crippen LogP contribution in [-0.2, 0) is 9.59 Å². The molecule has 0 saturated heterocycles. The van der Waals surface area contributed by atoms with E-state index in [1.807, 2.05) is 32.0 Å². The Morgan fingerprint density at radius 1 is 1.22 bits per heavy atom. The second-order valence-corrected chi connectivity index (χ2v) is 4.12. The van der Waals surface area contributed by atoms with Crippen molar-refractivity contribution in [1.82, 2.24) is 10.9 Å². The van der Waals surface area contributed by atoms with Gasteiger partial charge in [0, 0.05) is 5.69 Å². The molecule has 0 unspecified atom stereocenters. The number of thiocarbonyl (C=S) groups is 1. The number of carbonyl (C=O) groups excluding carboxylic acids is 2. The lowest BCUT2D eigenvalue weighted by Gasteiger charge is -2.12. The topological polar surface area (TPSA) is 96.2 Å². The Morgan fingerprint density at radius 2 is 1.89 bits per heavy atom. The molecule has 6 nitrogen and oxygen atoms in total. The smallest absolute Gasteiger partial charge is 0.327 e. The SMILES string of the molecule is Cc1ccc(NC(=S)NNC(=O)C(N)=O)c(C)c1. The van der Waals surface area contributed by atoms with Crippen LogP contribution in [0.4, 0.5) is 5.69 Å². The van der Waals surface area contributed by atoms with Gasteiger partial charge in [0.25, 0.3) is 0 Å². The van der Waals surface area contributed by atoms with Crippen molar-refractivity contribution in [3.63, 3.8) is 0 Å². The molecule has 0 fully saturated rings. The third kappa shape index (κ3) is 4.02. The number of rotatable bonds is 1. The van der Waals surface area contributed by atoms with Crippen LogP contribution in [-0.4, -0.2) is 16.9 Å². The molecular formula is C11H14N4O2S. The minimum Gasteiger partial charge on any atom is -0.361 e. The second kappa shape index (κ2) is 5.97. The summed E-state index contributed by atoms with van der Waals surface area (Å²) in [7, 11) is 0. The Balaban J connectivity index is 2.55. The van der Waals surface area contributed by atoms with Gasteiger partial charge in [0.15, 0.2) is 5.11 Å². The number of hydrogen-bond donors (Lipinski definition) is 4. The van der Waals surface area contributed by atoms with Gasteiger partial charge in [-0.2, -0.15) is 0 Å². The highest BCUT2D eigenvalue weighted by Crippen LogP contribution is 2.15. The van der Waals surface area contributed by atoms with Gasteiger partial charge in [0.05, 0.1) is 0 Å². The van der Waals surface area contributed by atoms with Crippen LogP contribution in [0.5, 0.6) is 0 Å². The minimum absolute atomic E-state index is 0.163. The van der Waals surface area contributed by atoms with Gasteiger partial charge in [0.2, 0.25) is 0 Å². The average molecular weight is 266 g/mol. The van der Waals surface area contributed by atoms with E-state index in [0.29, 0.717) is 0 Å².